The van der Waals surface area contributed by atoms with Crippen molar-refractivity contribution in [2.75, 3.05) is 5.75 Å². The Morgan fingerprint density at radius 1 is 1.12 bits per heavy atom. The Kier molecular flexibility index (Phi) is 6.52. The maximum atomic E-state index is 13.6. The van der Waals surface area contributed by atoms with E-state index in [9.17, 15) is 4.79 Å². The van der Waals surface area contributed by atoms with Crippen molar-refractivity contribution in [3.05, 3.63) is 60.7 Å². The van der Waals surface area contributed by atoms with Gasteiger partial charge >= 0.3 is 0 Å². The molecule has 0 aliphatic heterocycles. The number of carbonyl (C=O) groups is 1. The molecule has 0 amide bonds. The Balaban J connectivity index is 1.30. The minimum atomic E-state index is 0.171. The Bertz CT molecular complexity index is 1120. The monoisotopic (exact) mass is 473 g/mol. The van der Waals surface area contributed by atoms with Crippen LogP contribution in [0.25, 0.3) is 10.9 Å². The lowest BCUT2D eigenvalue weighted by Gasteiger charge is -2.57. The molecule has 1 aromatic carbocycles. The molecule has 3 aliphatic rings. The fraction of sp³-hybridized carbons (Fsp3) is 0.548. The summed E-state index contributed by atoms with van der Waals surface area (Å²) in [4.78, 5) is 18.3. The molecule has 0 N–H and O–H groups in total. The topological polar surface area (TPSA) is 30.0 Å². The van der Waals surface area contributed by atoms with Gasteiger partial charge in [0.15, 0.2) is 0 Å². The van der Waals surface area contributed by atoms with Crippen molar-refractivity contribution >= 4 is 28.4 Å². The number of aromatic nitrogens is 1. The average molecular weight is 474 g/mol. The van der Waals surface area contributed by atoms with Gasteiger partial charge in [-0.1, -0.05) is 81.1 Å². The zero-order chi connectivity index (χ0) is 23.9. The van der Waals surface area contributed by atoms with Gasteiger partial charge in [-0.05, 0) is 85.7 Å². The van der Waals surface area contributed by atoms with Gasteiger partial charge in [-0.25, -0.2) is 4.98 Å². The molecular weight excluding hydrogens is 434 g/mol. The van der Waals surface area contributed by atoms with Crippen LogP contribution in [0.15, 0.2) is 65.7 Å². The number of carbonyl (C=O) groups excluding carboxylic acids is 1. The lowest BCUT2D eigenvalue weighted by atomic mass is 9.47. The number of para-hydroxylation sites is 1. The number of thioether (sulfide) groups is 1. The van der Waals surface area contributed by atoms with Crippen molar-refractivity contribution in [3.63, 3.8) is 0 Å². The zero-order valence-electron chi connectivity index (χ0n) is 21.1. The Hall–Kier alpha value is -1.87. The predicted molar refractivity (Wildman–Crippen MR) is 144 cm³/mol. The third kappa shape index (κ3) is 3.88. The van der Waals surface area contributed by atoms with Crippen LogP contribution in [0.2, 0.25) is 0 Å². The van der Waals surface area contributed by atoms with E-state index in [-0.39, 0.29) is 16.7 Å². The van der Waals surface area contributed by atoms with Crippen LogP contribution in [0.3, 0.4) is 0 Å². The number of pyridine rings is 1. The first-order valence-corrected chi connectivity index (χ1v) is 14.2. The van der Waals surface area contributed by atoms with Gasteiger partial charge in [0.2, 0.25) is 0 Å². The molecule has 5 rings (SSSR count). The lowest BCUT2D eigenvalue weighted by molar-refractivity contribution is -0.127. The number of hydrogen-bond acceptors (Lipinski definition) is 3. The fourth-order valence-electron chi connectivity index (χ4n) is 8.13. The van der Waals surface area contributed by atoms with Gasteiger partial charge in [0.25, 0.3) is 0 Å². The van der Waals surface area contributed by atoms with E-state index in [1.54, 1.807) is 17.3 Å². The number of hydrogen-bond donors (Lipinski definition) is 0. The van der Waals surface area contributed by atoms with Crippen molar-refractivity contribution < 1.29 is 4.79 Å². The molecule has 3 heteroatoms. The van der Waals surface area contributed by atoms with Gasteiger partial charge in [-0.3, -0.25) is 4.79 Å². The standard InChI is InChI=1S/C31H39NOS/c1-5-9-22-13-14-23-24-15-16-26(31(24,4)19-18-25(23)30(22,3)6-2)28(33)20-34-29-17-12-21-10-7-8-11-27(21)32-29/h5,7-12,17,23-26H,1,6,13-16,18-20H2,2-4H3/b22-9-. The highest BCUT2D eigenvalue weighted by molar-refractivity contribution is 7.99. The van der Waals surface area contributed by atoms with Crippen LogP contribution in [0.5, 0.6) is 0 Å². The third-order valence-electron chi connectivity index (χ3n) is 10.1. The summed E-state index contributed by atoms with van der Waals surface area (Å²) < 4.78 is 0. The first-order valence-electron chi connectivity index (χ1n) is 13.2. The van der Waals surface area contributed by atoms with E-state index < -0.39 is 0 Å². The number of rotatable bonds is 6. The van der Waals surface area contributed by atoms with E-state index in [0.29, 0.717) is 17.5 Å². The van der Waals surface area contributed by atoms with Crippen molar-refractivity contribution in [2.24, 2.45) is 34.5 Å². The van der Waals surface area contributed by atoms with Crippen LogP contribution in [-0.2, 0) is 4.79 Å². The molecule has 0 bridgehead atoms. The first-order chi connectivity index (χ1) is 16.4. The second-order valence-electron chi connectivity index (χ2n) is 11.4. The maximum Gasteiger partial charge on any atom is 0.146 e. The van der Waals surface area contributed by atoms with E-state index in [1.165, 1.54) is 38.5 Å². The minimum absolute atomic E-state index is 0.171. The molecule has 0 saturated heterocycles. The van der Waals surface area contributed by atoms with Crippen LogP contribution in [-0.4, -0.2) is 16.5 Å². The second-order valence-corrected chi connectivity index (χ2v) is 12.4. The van der Waals surface area contributed by atoms with Crippen LogP contribution in [0.4, 0.5) is 0 Å². The molecule has 3 aliphatic carbocycles. The Morgan fingerprint density at radius 3 is 2.74 bits per heavy atom. The smallest absolute Gasteiger partial charge is 0.146 e. The summed E-state index contributed by atoms with van der Waals surface area (Å²) >= 11 is 1.62. The van der Waals surface area contributed by atoms with E-state index in [0.717, 1.165) is 34.2 Å². The van der Waals surface area contributed by atoms with Gasteiger partial charge in [0.05, 0.1) is 16.3 Å². The molecule has 0 radical (unpaired) electrons. The number of benzene rings is 1. The minimum Gasteiger partial charge on any atom is -0.298 e. The quantitative estimate of drug-likeness (QED) is 0.395. The van der Waals surface area contributed by atoms with E-state index in [4.69, 9.17) is 4.98 Å². The highest BCUT2D eigenvalue weighted by atomic mass is 32.2. The third-order valence-corrected chi connectivity index (χ3v) is 11.1. The van der Waals surface area contributed by atoms with E-state index in [2.05, 4.69) is 51.6 Å². The number of allylic oxidation sites excluding steroid dienone is 3. The number of fused-ring (bicyclic) bond motifs is 4. The molecule has 2 nitrogen and oxygen atoms in total. The molecule has 3 saturated carbocycles. The van der Waals surface area contributed by atoms with Crippen molar-refractivity contribution in [3.8, 4) is 0 Å². The van der Waals surface area contributed by atoms with Gasteiger partial charge in [0, 0.05) is 11.3 Å². The molecule has 0 spiro atoms. The van der Waals surface area contributed by atoms with Crippen molar-refractivity contribution in [1.82, 2.24) is 4.98 Å². The zero-order valence-corrected chi connectivity index (χ0v) is 21.9. The van der Waals surface area contributed by atoms with Crippen LogP contribution in [0.1, 0.15) is 65.7 Å². The number of nitrogens with zero attached hydrogens (tertiary/aromatic N) is 1. The summed E-state index contributed by atoms with van der Waals surface area (Å²) in [5.41, 5.74) is 3.08. The normalized spacial score (nSPS) is 36.3. The van der Waals surface area contributed by atoms with Crippen molar-refractivity contribution in [1.29, 1.82) is 0 Å². The van der Waals surface area contributed by atoms with Gasteiger partial charge in [0.1, 0.15) is 5.78 Å². The van der Waals surface area contributed by atoms with Gasteiger partial charge in [-0.2, -0.15) is 0 Å². The summed E-state index contributed by atoms with van der Waals surface area (Å²) in [6, 6.07) is 12.4. The van der Waals surface area contributed by atoms with Gasteiger partial charge < -0.3 is 0 Å². The van der Waals surface area contributed by atoms with Crippen molar-refractivity contribution in [2.45, 2.75) is 70.7 Å². The molecule has 1 heterocycles. The Morgan fingerprint density at radius 2 is 1.94 bits per heavy atom. The molecule has 34 heavy (non-hydrogen) atoms. The van der Waals surface area contributed by atoms with Crippen LogP contribution in [0, 0.1) is 34.5 Å². The number of ketones is 1. The molecular formula is C31H39NOS. The van der Waals surface area contributed by atoms with Crippen LogP contribution >= 0.6 is 11.8 Å². The van der Waals surface area contributed by atoms with Gasteiger partial charge in [-0.15, -0.1) is 0 Å². The molecule has 1 aromatic heterocycles. The second kappa shape index (κ2) is 9.30. The SMILES string of the molecule is C=C/C=C1/CCC2C(CCC3(C)C(C(=O)CSc4ccc5ccccc5n4)CCC23)C1(C)CC. The first kappa shape index (κ1) is 23.9. The highest BCUT2D eigenvalue weighted by Gasteiger charge is 2.59. The number of Topliss-reactive ketones (excluding diaryl/α,β-unsaturated/α-hetero) is 1. The molecule has 180 valence electrons. The Labute approximate surface area is 209 Å². The largest absolute Gasteiger partial charge is 0.298 e. The predicted octanol–water partition coefficient (Wildman–Crippen LogP) is 8.28. The fourth-order valence-corrected chi connectivity index (χ4v) is 8.95. The average Bonchev–Trinajstić information content (AvgIpc) is 3.21. The van der Waals surface area contributed by atoms with E-state index in [1.807, 2.05) is 24.3 Å². The molecule has 6 atom stereocenters. The summed E-state index contributed by atoms with van der Waals surface area (Å²) in [5.74, 6) is 3.42. The van der Waals surface area contributed by atoms with E-state index >= 15 is 0 Å². The molecule has 3 fully saturated rings. The summed E-state index contributed by atoms with van der Waals surface area (Å²) in [5, 5.41) is 2.11. The lowest BCUT2D eigenvalue weighted by Crippen LogP contribution is -2.50. The molecule has 2 aromatic rings. The highest BCUT2D eigenvalue weighted by Crippen LogP contribution is 2.66. The summed E-state index contributed by atoms with van der Waals surface area (Å²) in [6.07, 6.45) is 12.7. The molecule has 6 unspecified atom stereocenters. The summed E-state index contributed by atoms with van der Waals surface area (Å²) in [7, 11) is 0. The van der Waals surface area contributed by atoms with Crippen LogP contribution < -0.4 is 0 Å². The summed E-state index contributed by atoms with van der Waals surface area (Å²) in [6.45, 7) is 11.3. The maximum absolute atomic E-state index is 13.6.